The summed E-state index contributed by atoms with van der Waals surface area (Å²) in [7, 11) is -4.12. The standard InChI is InChI=1S/C17H14Cl3N3O4S/c18-17(19,20)16(21-11-6-2-1-3-7-11)22-14(24)10-23-15(25)12-8-4-5-9-13(12)28(23,26)27/h1-9,16,21H,10H2,(H,22,24)/t16-/m0/s1. The summed E-state index contributed by atoms with van der Waals surface area (Å²) in [6.07, 6.45) is -1.17. The number of nitrogens with zero attached hydrogens (tertiary/aromatic N) is 1. The molecular formula is C17H14Cl3N3O4S. The summed E-state index contributed by atoms with van der Waals surface area (Å²) in [6, 6.07) is 14.4. The first-order valence-electron chi connectivity index (χ1n) is 7.94. The first kappa shape index (κ1) is 20.7. The molecule has 1 heterocycles. The predicted octanol–water partition coefficient (Wildman–Crippen LogP) is 2.76. The van der Waals surface area contributed by atoms with Crippen LogP contribution < -0.4 is 10.6 Å². The highest BCUT2D eigenvalue weighted by Crippen LogP contribution is 2.32. The molecule has 0 unspecified atom stereocenters. The highest BCUT2D eigenvalue weighted by molar-refractivity contribution is 7.90. The number of amides is 2. The number of fused-ring (bicyclic) bond motifs is 1. The van der Waals surface area contributed by atoms with Gasteiger partial charge in [-0.1, -0.05) is 65.1 Å². The van der Waals surface area contributed by atoms with Gasteiger partial charge in [-0.3, -0.25) is 9.59 Å². The maximum Gasteiger partial charge on any atom is 0.269 e. The van der Waals surface area contributed by atoms with Crippen LogP contribution in [0.1, 0.15) is 10.4 Å². The highest BCUT2D eigenvalue weighted by Gasteiger charge is 2.42. The quantitative estimate of drug-likeness (QED) is 0.526. The van der Waals surface area contributed by atoms with Crippen molar-refractivity contribution in [3.63, 3.8) is 0 Å². The summed E-state index contributed by atoms with van der Waals surface area (Å²) >= 11 is 17.8. The van der Waals surface area contributed by atoms with Crippen LogP contribution in [-0.2, 0) is 14.8 Å². The average Bonchev–Trinajstić information content (AvgIpc) is 2.82. The van der Waals surface area contributed by atoms with Crippen molar-refractivity contribution >= 4 is 62.3 Å². The van der Waals surface area contributed by atoms with Gasteiger partial charge >= 0.3 is 0 Å². The second-order valence-corrected chi connectivity index (χ2v) is 10.1. The molecule has 2 N–H and O–H groups in total. The molecule has 3 rings (SSSR count). The smallest absolute Gasteiger partial charge is 0.269 e. The summed E-state index contributed by atoms with van der Waals surface area (Å²) in [4.78, 5) is 24.7. The SMILES string of the molecule is O=C(CN1C(=O)c2ccccc2S1(=O)=O)N[C@H](Nc1ccccc1)C(Cl)(Cl)Cl. The van der Waals surface area contributed by atoms with Crippen LogP contribution in [0, 0.1) is 0 Å². The summed E-state index contributed by atoms with van der Waals surface area (Å²) < 4.78 is 23.6. The van der Waals surface area contributed by atoms with Crippen molar-refractivity contribution in [1.82, 2.24) is 9.62 Å². The normalized spacial score (nSPS) is 16.4. The Morgan fingerprint density at radius 3 is 2.25 bits per heavy atom. The van der Waals surface area contributed by atoms with E-state index in [1.165, 1.54) is 18.2 Å². The molecule has 0 fully saturated rings. The number of nitrogens with one attached hydrogen (secondary N) is 2. The molecule has 0 saturated heterocycles. The zero-order valence-electron chi connectivity index (χ0n) is 14.1. The molecule has 2 aromatic carbocycles. The van der Waals surface area contributed by atoms with Crippen LogP contribution in [0.2, 0.25) is 0 Å². The summed E-state index contributed by atoms with van der Waals surface area (Å²) in [6.45, 7) is -0.746. The van der Waals surface area contributed by atoms with Gasteiger partial charge in [0.05, 0.1) is 5.56 Å². The van der Waals surface area contributed by atoms with E-state index in [1.54, 1.807) is 36.4 Å². The molecule has 0 aliphatic carbocycles. The Labute approximate surface area is 176 Å². The van der Waals surface area contributed by atoms with E-state index in [1.807, 2.05) is 0 Å². The minimum atomic E-state index is -4.12. The van der Waals surface area contributed by atoms with Crippen molar-refractivity contribution in [3.8, 4) is 0 Å². The zero-order valence-corrected chi connectivity index (χ0v) is 17.2. The maximum atomic E-state index is 12.5. The van der Waals surface area contributed by atoms with E-state index in [4.69, 9.17) is 34.8 Å². The molecule has 148 valence electrons. The van der Waals surface area contributed by atoms with Gasteiger partial charge in [0.25, 0.3) is 15.9 Å². The van der Waals surface area contributed by atoms with Gasteiger partial charge in [0.15, 0.2) is 0 Å². The number of hydrogen-bond donors (Lipinski definition) is 2. The topological polar surface area (TPSA) is 95.6 Å². The van der Waals surface area contributed by atoms with E-state index in [0.29, 0.717) is 9.99 Å². The van der Waals surface area contributed by atoms with Crippen LogP contribution in [0.15, 0.2) is 59.5 Å². The Balaban J connectivity index is 1.76. The molecule has 0 spiro atoms. The fraction of sp³-hybridized carbons (Fsp3) is 0.176. The first-order valence-corrected chi connectivity index (χ1v) is 10.5. The van der Waals surface area contributed by atoms with Crippen LogP contribution in [0.5, 0.6) is 0 Å². The van der Waals surface area contributed by atoms with Gasteiger partial charge in [-0.15, -0.1) is 0 Å². The lowest BCUT2D eigenvalue weighted by molar-refractivity contribution is -0.121. The van der Waals surface area contributed by atoms with Gasteiger partial charge in [0.2, 0.25) is 9.70 Å². The third-order valence-electron chi connectivity index (χ3n) is 3.92. The Morgan fingerprint density at radius 2 is 1.64 bits per heavy atom. The van der Waals surface area contributed by atoms with Gasteiger partial charge in [-0.25, -0.2) is 12.7 Å². The van der Waals surface area contributed by atoms with Crippen molar-refractivity contribution in [1.29, 1.82) is 0 Å². The number of carbonyl (C=O) groups excluding carboxylic acids is 2. The number of alkyl halides is 3. The summed E-state index contributed by atoms with van der Waals surface area (Å²) in [5.74, 6) is -1.60. The Kier molecular flexibility index (Phi) is 5.77. The zero-order chi connectivity index (χ0) is 20.5. The van der Waals surface area contributed by atoms with Crippen LogP contribution in [0.25, 0.3) is 0 Å². The van der Waals surface area contributed by atoms with Gasteiger partial charge in [-0.2, -0.15) is 0 Å². The molecule has 2 aromatic rings. The number of sulfonamides is 1. The monoisotopic (exact) mass is 461 g/mol. The van der Waals surface area contributed by atoms with Crippen molar-refractivity contribution in [2.75, 3.05) is 11.9 Å². The van der Waals surface area contributed by atoms with E-state index in [-0.39, 0.29) is 10.5 Å². The molecule has 0 radical (unpaired) electrons. The van der Waals surface area contributed by atoms with Gasteiger partial charge in [0, 0.05) is 5.69 Å². The van der Waals surface area contributed by atoms with Crippen molar-refractivity contribution in [3.05, 3.63) is 60.2 Å². The van der Waals surface area contributed by atoms with Crippen molar-refractivity contribution in [2.24, 2.45) is 0 Å². The number of rotatable bonds is 5. The van der Waals surface area contributed by atoms with Crippen LogP contribution in [-0.4, -0.2) is 41.0 Å². The Hall–Kier alpha value is -2.00. The number of benzene rings is 2. The molecule has 1 aliphatic rings. The minimum Gasteiger partial charge on any atom is -0.362 e. The maximum absolute atomic E-state index is 12.5. The number of halogens is 3. The van der Waals surface area contributed by atoms with E-state index >= 15 is 0 Å². The molecule has 7 nitrogen and oxygen atoms in total. The second-order valence-electron chi connectivity index (χ2n) is 5.87. The molecule has 0 saturated carbocycles. The summed E-state index contributed by atoms with van der Waals surface area (Å²) in [5.41, 5.74) is 0.576. The first-order chi connectivity index (χ1) is 13.1. The fourth-order valence-electron chi connectivity index (χ4n) is 2.63. The van der Waals surface area contributed by atoms with Crippen molar-refractivity contribution < 1.29 is 18.0 Å². The minimum absolute atomic E-state index is 0.00985. The lowest BCUT2D eigenvalue weighted by Gasteiger charge is -2.28. The predicted molar refractivity (Wildman–Crippen MR) is 107 cm³/mol. The van der Waals surface area contributed by atoms with Crippen LogP contribution in [0.3, 0.4) is 0 Å². The van der Waals surface area contributed by atoms with Gasteiger partial charge in [-0.05, 0) is 24.3 Å². The highest BCUT2D eigenvalue weighted by atomic mass is 35.6. The lowest BCUT2D eigenvalue weighted by Crippen LogP contribution is -2.52. The fourth-order valence-corrected chi connectivity index (χ4v) is 4.48. The molecule has 0 aromatic heterocycles. The summed E-state index contributed by atoms with van der Waals surface area (Å²) in [5, 5.41) is 5.26. The molecular weight excluding hydrogens is 449 g/mol. The third kappa shape index (κ3) is 4.20. The van der Waals surface area contributed by atoms with E-state index in [9.17, 15) is 18.0 Å². The Morgan fingerprint density at radius 1 is 1.04 bits per heavy atom. The van der Waals surface area contributed by atoms with E-state index in [0.717, 1.165) is 0 Å². The molecule has 1 aliphatic heterocycles. The lowest BCUT2D eigenvalue weighted by atomic mass is 10.2. The number of hydrogen-bond acceptors (Lipinski definition) is 5. The second kappa shape index (κ2) is 7.79. The number of anilines is 1. The van der Waals surface area contributed by atoms with E-state index < -0.39 is 38.3 Å². The van der Waals surface area contributed by atoms with E-state index in [2.05, 4.69) is 10.6 Å². The number of para-hydroxylation sites is 1. The molecule has 28 heavy (non-hydrogen) atoms. The molecule has 2 amide bonds. The molecule has 1 atom stereocenters. The molecule has 11 heteroatoms. The number of carbonyl (C=O) groups is 2. The van der Waals surface area contributed by atoms with Gasteiger partial charge < -0.3 is 10.6 Å². The third-order valence-corrected chi connectivity index (χ3v) is 6.36. The Bertz CT molecular complexity index is 1010. The van der Waals surface area contributed by atoms with Crippen LogP contribution in [0.4, 0.5) is 5.69 Å². The van der Waals surface area contributed by atoms with Crippen molar-refractivity contribution in [2.45, 2.75) is 14.9 Å². The van der Waals surface area contributed by atoms with Crippen LogP contribution >= 0.6 is 34.8 Å². The largest absolute Gasteiger partial charge is 0.362 e. The van der Waals surface area contributed by atoms with Gasteiger partial charge in [0.1, 0.15) is 17.6 Å². The molecule has 0 bridgehead atoms. The average molecular weight is 463 g/mol.